The van der Waals surface area contributed by atoms with Crippen molar-refractivity contribution < 1.29 is 4.74 Å². The van der Waals surface area contributed by atoms with E-state index in [9.17, 15) is 0 Å². The zero-order valence-corrected chi connectivity index (χ0v) is 17.0. The number of rotatable bonds is 5. The first kappa shape index (κ1) is 20.5. The van der Waals surface area contributed by atoms with Crippen LogP contribution in [0.1, 0.15) is 32.3 Å². The number of guanidine groups is 1. The number of piperidine rings is 1. The molecule has 4 nitrogen and oxygen atoms in total. The lowest BCUT2D eigenvalue weighted by Crippen LogP contribution is -2.47. The second-order valence-electron chi connectivity index (χ2n) is 5.40. The average Bonchev–Trinajstić information content (AvgIpc) is 2.54. The van der Waals surface area contributed by atoms with Gasteiger partial charge in [-0.05, 0) is 38.3 Å². The molecule has 130 valence electrons. The molecular weight excluding hydrogens is 425 g/mol. The number of halogens is 2. The summed E-state index contributed by atoms with van der Waals surface area (Å²) >= 11 is 6.20. The maximum atomic E-state index is 6.20. The minimum absolute atomic E-state index is 0. The monoisotopic (exact) mass is 451 g/mol. The summed E-state index contributed by atoms with van der Waals surface area (Å²) in [7, 11) is 0. The van der Waals surface area contributed by atoms with Crippen LogP contribution in [0.25, 0.3) is 0 Å². The fourth-order valence-electron chi connectivity index (χ4n) is 2.68. The molecule has 23 heavy (non-hydrogen) atoms. The molecule has 0 aromatic heterocycles. The molecule has 6 heteroatoms. The molecule has 0 aliphatic carbocycles. The molecule has 1 saturated heterocycles. The van der Waals surface area contributed by atoms with Crippen LogP contribution < -0.4 is 5.32 Å². The van der Waals surface area contributed by atoms with Gasteiger partial charge in [-0.25, -0.2) is 4.99 Å². The molecule has 1 fully saturated rings. The summed E-state index contributed by atoms with van der Waals surface area (Å²) in [5, 5.41) is 4.16. The first-order valence-corrected chi connectivity index (χ1v) is 8.50. The van der Waals surface area contributed by atoms with E-state index in [1.54, 1.807) is 0 Å². The van der Waals surface area contributed by atoms with Crippen LogP contribution in [0.4, 0.5) is 0 Å². The van der Waals surface area contributed by atoms with Crippen LogP contribution in [-0.4, -0.2) is 43.2 Å². The largest absolute Gasteiger partial charge is 0.378 e. The molecule has 0 radical (unpaired) electrons. The highest BCUT2D eigenvalue weighted by atomic mass is 127. The first-order chi connectivity index (χ1) is 10.7. The second-order valence-corrected chi connectivity index (χ2v) is 5.81. The van der Waals surface area contributed by atoms with E-state index in [-0.39, 0.29) is 24.0 Å². The minimum Gasteiger partial charge on any atom is -0.378 e. The Hall–Kier alpha value is -0.530. The third kappa shape index (κ3) is 6.47. The maximum absolute atomic E-state index is 6.20. The Morgan fingerprint density at radius 3 is 2.61 bits per heavy atom. The van der Waals surface area contributed by atoms with Gasteiger partial charge < -0.3 is 15.0 Å². The summed E-state index contributed by atoms with van der Waals surface area (Å²) in [6.07, 6.45) is 2.52. The highest BCUT2D eigenvalue weighted by Gasteiger charge is 2.21. The number of nitrogens with one attached hydrogen (secondary N) is 1. The van der Waals surface area contributed by atoms with Crippen molar-refractivity contribution in [3.63, 3.8) is 0 Å². The molecule has 1 aromatic rings. The number of benzene rings is 1. The third-order valence-corrected chi connectivity index (χ3v) is 4.20. The smallest absolute Gasteiger partial charge is 0.194 e. The van der Waals surface area contributed by atoms with Gasteiger partial charge in [0.05, 0.1) is 12.6 Å². The van der Waals surface area contributed by atoms with Gasteiger partial charge in [-0.15, -0.1) is 24.0 Å². The molecule has 0 unspecified atom stereocenters. The van der Waals surface area contributed by atoms with Gasteiger partial charge in [0.15, 0.2) is 5.96 Å². The lowest BCUT2D eigenvalue weighted by molar-refractivity contribution is 0.0263. The summed E-state index contributed by atoms with van der Waals surface area (Å²) in [6.45, 7) is 8.39. The topological polar surface area (TPSA) is 36.9 Å². The van der Waals surface area contributed by atoms with Crippen molar-refractivity contribution in [1.29, 1.82) is 0 Å². The molecule has 1 heterocycles. The molecule has 2 rings (SSSR count). The normalized spacial score (nSPS) is 16.1. The standard InChI is InChI=1S/C17H26ClN3O.HI/c1-3-19-17(20-13-14-7-5-6-8-16(14)18)21-11-9-15(10-12-21)22-4-2;/h5-8,15H,3-4,9-13H2,1-2H3,(H,19,20);1H. The molecule has 1 aliphatic heterocycles. The minimum atomic E-state index is 0. The van der Waals surface area contributed by atoms with Crippen LogP contribution in [0.5, 0.6) is 0 Å². The van der Waals surface area contributed by atoms with Crippen LogP contribution in [-0.2, 0) is 11.3 Å². The van der Waals surface area contributed by atoms with Crippen LogP contribution in [0.2, 0.25) is 5.02 Å². The lowest BCUT2D eigenvalue weighted by atomic mass is 10.1. The highest BCUT2D eigenvalue weighted by molar-refractivity contribution is 14.0. The Kier molecular flexibility index (Phi) is 9.90. The summed E-state index contributed by atoms with van der Waals surface area (Å²) in [6, 6.07) is 7.88. The maximum Gasteiger partial charge on any atom is 0.194 e. The fraction of sp³-hybridized carbons (Fsp3) is 0.588. The van der Waals surface area contributed by atoms with E-state index in [4.69, 9.17) is 21.3 Å². The molecule has 0 bridgehead atoms. The van der Waals surface area contributed by atoms with E-state index in [1.165, 1.54) is 0 Å². The van der Waals surface area contributed by atoms with Crippen LogP contribution in [0, 0.1) is 0 Å². The van der Waals surface area contributed by atoms with Crippen molar-refractivity contribution >= 4 is 41.5 Å². The van der Waals surface area contributed by atoms with E-state index >= 15 is 0 Å². The Bertz CT molecular complexity index is 490. The molecular formula is C17H27ClIN3O. The third-order valence-electron chi connectivity index (χ3n) is 3.84. The van der Waals surface area contributed by atoms with Crippen LogP contribution in [0.15, 0.2) is 29.3 Å². The van der Waals surface area contributed by atoms with Gasteiger partial charge in [-0.3, -0.25) is 0 Å². The van der Waals surface area contributed by atoms with Gasteiger partial charge in [0.1, 0.15) is 0 Å². The Labute approximate surface area is 161 Å². The zero-order chi connectivity index (χ0) is 15.8. The zero-order valence-electron chi connectivity index (χ0n) is 13.9. The van der Waals surface area contributed by atoms with Crippen molar-refractivity contribution in [3.05, 3.63) is 34.9 Å². The number of nitrogens with zero attached hydrogens (tertiary/aromatic N) is 2. The summed E-state index contributed by atoms with van der Waals surface area (Å²) < 4.78 is 5.71. The van der Waals surface area contributed by atoms with Crippen LogP contribution in [0.3, 0.4) is 0 Å². The molecule has 0 spiro atoms. The second kappa shape index (κ2) is 11.1. The van der Waals surface area contributed by atoms with Crippen molar-refractivity contribution in [2.24, 2.45) is 4.99 Å². The predicted octanol–water partition coefficient (Wildman–Crippen LogP) is 3.92. The van der Waals surface area contributed by atoms with Crippen molar-refractivity contribution in [1.82, 2.24) is 10.2 Å². The van der Waals surface area contributed by atoms with Gasteiger partial charge in [-0.1, -0.05) is 29.8 Å². The highest BCUT2D eigenvalue weighted by Crippen LogP contribution is 2.17. The quantitative estimate of drug-likeness (QED) is 0.419. The SMILES string of the molecule is CCNC(=NCc1ccccc1Cl)N1CCC(OCC)CC1.I. The summed E-state index contributed by atoms with van der Waals surface area (Å²) in [5.74, 6) is 0.970. The van der Waals surface area contributed by atoms with E-state index in [1.807, 2.05) is 24.3 Å². The number of hydrogen-bond acceptors (Lipinski definition) is 2. The van der Waals surface area contributed by atoms with E-state index in [2.05, 4.69) is 24.1 Å². The molecule has 0 saturated carbocycles. The van der Waals surface area contributed by atoms with Crippen molar-refractivity contribution in [2.75, 3.05) is 26.2 Å². The molecule has 1 N–H and O–H groups in total. The molecule has 0 atom stereocenters. The van der Waals surface area contributed by atoms with Gasteiger partial charge in [0.25, 0.3) is 0 Å². The van der Waals surface area contributed by atoms with Gasteiger partial charge in [0.2, 0.25) is 0 Å². The lowest BCUT2D eigenvalue weighted by Gasteiger charge is -2.34. The number of likely N-dealkylation sites (tertiary alicyclic amines) is 1. The Morgan fingerprint density at radius 2 is 2.00 bits per heavy atom. The average molecular weight is 452 g/mol. The van der Waals surface area contributed by atoms with E-state index < -0.39 is 0 Å². The Balaban J connectivity index is 0.00000264. The molecule has 0 amide bonds. The molecule has 1 aliphatic rings. The van der Waals surface area contributed by atoms with Gasteiger partial charge >= 0.3 is 0 Å². The summed E-state index contributed by atoms with van der Waals surface area (Å²) in [4.78, 5) is 7.06. The predicted molar refractivity (Wildman–Crippen MR) is 108 cm³/mol. The molecule has 1 aromatic carbocycles. The number of hydrogen-bond donors (Lipinski definition) is 1. The first-order valence-electron chi connectivity index (χ1n) is 8.12. The summed E-state index contributed by atoms with van der Waals surface area (Å²) in [5.41, 5.74) is 1.06. The Morgan fingerprint density at radius 1 is 1.30 bits per heavy atom. The van der Waals surface area contributed by atoms with Crippen molar-refractivity contribution in [3.8, 4) is 0 Å². The number of aliphatic imine (C=N–C) groups is 1. The number of ether oxygens (including phenoxy) is 1. The van der Waals surface area contributed by atoms with E-state index in [0.29, 0.717) is 12.6 Å². The van der Waals surface area contributed by atoms with Crippen molar-refractivity contribution in [2.45, 2.75) is 39.3 Å². The fourth-order valence-corrected chi connectivity index (χ4v) is 2.88. The van der Waals surface area contributed by atoms with Crippen LogP contribution >= 0.6 is 35.6 Å². The van der Waals surface area contributed by atoms with E-state index in [0.717, 1.165) is 55.6 Å². The van der Waals surface area contributed by atoms with Gasteiger partial charge in [0, 0.05) is 31.3 Å². The van der Waals surface area contributed by atoms with Gasteiger partial charge in [-0.2, -0.15) is 0 Å².